The molecule has 21 heavy (non-hydrogen) atoms. The Bertz CT molecular complexity index is 757. The van der Waals surface area contributed by atoms with Crippen LogP contribution in [0.4, 0.5) is 5.82 Å². The zero-order valence-electron chi connectivity index (χ0n) is 11.2. The van der Waals surface area contributed by atoms with Crippen LogP contribution in [0, 0.1) is 11.3 Å². The Labute approximate surface area is 126 Å². The molecule has 1 aromatic carbocycles. The quantitative estimate of drug-likeness (QED) is 0.796. The fourth-order valence-corrected chi connectivity index (χ4v) is 2.61. The Balaban J connectivity index is 1.66. The van der Waals surface area contributed by atoms with Crippen LogP contribution in [0.5, 0.6) is 0 Å². The van der Waals surface area contributed by atoms with Gasteiger partial charge in [-0.1, -0.05) is 30.3 Å². The molecule has 5 heteroatoms. The van der Waals surface area contributed by atoms with Gasteiger partial charge in [-0.3, -0.25) is 0 Å². The van der Waals surface area contributed by atoms with Gasteiger partial charge in [-0.15, -0.1) is 11.3 Å². The number of nitrogens with one attached hydrogen (secondary N) is 1. The number of thiazole rings is 1. The summed E-state index contributed by atoms with van der Waals surface area (Å²) in [5.41, 5.74) is 2.67. The van der Waals surface area contributed by atoms with E-state index in [4.69, 9.17) is 5.26 Å². The van der Waals surface area contributed by atoms with E-state index < -0.39 is 0 Å². The fourth-order valence-electron chi connectivity index (χ4n) is 1.86. The van der Waals surface area contributed by atoms with E-state index in [2.05, 4.69) is 32.8 Å². The Morgan fingerprint density at radius 1 is 1.14 bits per heavy atom. The molecule has 1 N–H and O–H groups in total. The first-order chi connectivity index (χ1) is 10.3. The number of benzene rings is 1. The van der Waals surface area contributed by atoms with Crippen LogP contribution in [0.3, 0.4) is 0 Å². The maximum atomic E-state index is 8.73. The molecule has 4 nitrogen and oxygen atoms in total. The van der Waals surface area contributed by atoms with Crippen molar-refractivity contribution >= 4 is 17.2 Å². The topological polar surface area (TPSA) is 61.6 Å². The zero-order valence-corrected chi connectivity index (χ0v) is 12.0. The molecular weight excluding hydrogens is 280 g/mol. The molecule has 0 spiro atoms. The lowest BCUT2D eigenvalue weighted by atomic mass is 10.2. The second-order valence-corrected chi connectivity index (χ2v) is 5.33. The van der Waals surface area contributed by atoms with E-state index in [1.807, 2.05) is 24.3 Å². The van der Waals surface area contributed by atoms with Crippen molar-refractivity contribution in [2.24, 2.45) is 0 Å². The summed E-state index contributed by atoms with van der Waals surface area (Å²) in [6.07, 6.45) is 1.56. The highest BCUT2D eigenvalue weighted by Gasteiger charge is 2.04. The summed E-state index contributed by atoms with van der Waals surface area (Å²) in [7, 11) is 0. The average Bonchev–Trinajstić information content (AvgIpc) is 3.03. The molecule has 0 atom stereocenters. The molecule has 0 saturated carbocycles. The Morgan fingerprint density at radius 3 is 2.71 bits per heavy atom. The molecule has 102 valence electrons. The van der Waals surface area contributed by atoms with E-state index in [0.717, 1.165) is 22.1 Å². The Kier molecular flexibility index (Phi) is 3.90. The molecule has 2 heterocycles. The van der Waals surface area contributed by atoms with Crippen LogP contribution < -0.4 is 5.32 Å². The fraction of sp³-hybridized carbons (Fsp3) is 0.0625. The summed E-state index contributed by atoms with van der Waals surface area (Å²) >= 11 is 1.62. The first kappa shape index (κ1) is 13.3. The molecular formula is C16H12N4S. The number of anilines is 1. The Hall–Kier alpha value is -2.71. The van der Waals surface area contributed by atoms with Crippen molar-refractivity contribution in [2.75, 3.05) is 5.32 Å². The molecule has 0 unspecified atom stereocenters. The number of pyridine rings is 1. The van der Waals surface area contributed by atoms with Crippen LogP contribution in [-0.4, -0.2) is 9.97 Å². The van der Waals surface area contributed by atoms with Crippen LogP contribution in [0.1, 0.15) is 10.6 Å². The minimum Gasteiger partial charge on any atom is -0.364 e. The van der Waals surface area contributed by atoms with Gasteiger partial charge in [-0.2, -0.15) is 5.26 Å². The molecule has 0 fully saturated rings. The van der Waals surface area contributed by atoms with E-state index in [9.17, 15) is 0 Å². The Morgan fingerprint density at radius 2 is 2.00 bits per heavy atom. The third-order valence-electron chi connectivity index (χ3n) is 2.93. The number of aromatic nitrogens is 2. The molecule has 3 aromatic rings. The van der Waals surface area contributed by atoms with Gasteiger partial charge in [0.25, 0.3) is 0 Å². The van der Waals surface area contributed by atoms with E-state index >= 15 is 0 Å². The predicted molar refractivity (Wildman–Crippen MR) is 83.8 cm³/mol. The minimum atomic E-state index is 0.557. The maximum Gasteiger partial charge on any atom is 0.126 e. The molecule has 0 aliphatic heterocycles. The van der Waals surface area contributed by atoms with Gasteiger partial charge in [0.15, 0.2) is 0 Å². The lowest BCUT2D eigenvalue weighted by Crippen LogP contribution is -2.00. The predicted octanol–water partition coefficient (Wildman–Crippen LogP) is 3.69. The number of nitriles is 1. The van der Waals surface area contributed by atoms with Gasteiger partial charge in [0.1, 0.15) is 16.9 Å². The van der Waals surface area contributed by atoms with E-state index in [1.165, 1.54) is 0 Å². The third-order valence-corrected chi connectivity index (χ3v) is 3.78. The highest BCUT2D eigenvalue weighted by atomic mass is 32.1. The first-order valence-corrected chi connectivity index (χ1v) is 7.33. The summed E-state index contributed by atoms with van der Waals surface area (Å²) in [6.45, 7) is 0.621. The van der Waals surface area contributed by atoms with E-state index in [0.29, 0.717) is 12.1 Å². The molecule has 2 aromatic heterocycles. The summed E-state index contributed by atoms with van der Waals surface area (Å²) in [5, 5.41) is 15.0. The van der Waals surface area contributed by atoms with Gasteiger partial charge in [0.2, 0.25) is 0 Å². The number of hydrogen-bond donors (Lipinski definition) is 1. The van der Waals surface area contributed by atoms with Gasteiger partial charge in [-0.05, 0) is 12.1 Å². The molecule has 3 rings (SSSR count). The van der Waals surface area contributed by atoms with Crippen molar-refractivity contribution in [3.05, 3.63) is 64.6 Å². The van der Waals surface area contributed by atoms with Gasteiger partial charge in [0.05, 0.1) is 17.8 Å². The maximum absolute atomic E-state index is 8.73. The van der Waals surface area contributed by atoms with Crippen molar-refractivity contribution < 1.29 is 0 Å². The average molecular weight is 292 g/mol. The normalized spacial score (nSPS) is 10.0. The van der Waals surface area contributed by atoms with Crippen LogP contribution in [0.25, 0.3) is 11.3 Å². The molecule has 0 radical (unpaired) electrons. The summed E-state index contributed by atoms with van der Waals surface area (Å²) in [5.74, 6) is 0.741. The first-order valence-electron chi connectivity index (χ1n) is 6.45. The second-order valence-electron chi connectivity index (χ2n) is 4.39. The van der Waals surface area contributed by atoms with Crippen LogP contribution in [0.2, 0.25) is 0 Å². The highest BCUT2D eigenvalue weighted by molar-refractivity contribution is 7.09. The van der Waals surface area contributed by atoms with E-state index in [-0.39, 0.29) is 0 Å². The van der Waals surface area contributed by atoms with Crippen LogP contribution >= 0.6 is 11.3 Å². The van der Waals surface area contributed by atoms with Gasteiger partial charge in [0, 0.05) is 17.1 Å². The minimum absolute atomic E-state index is 0.557. The smallest absolute Gasteiger partial charge is 0.126 e. The van der Waals surface area contributed by atoms with Crippen molar-refractivity contribution in [2.45, 2.75) is 6.54 Å². The number of nitrogens with zero attached hydrogens (tertiary/aromatic N) is 3. The molecule has 0 aliphatic carbocycles. The van der Waals surface area contributed by atoms with Gasteiger partial charge < -0.3 is 5.32 Å². The van der Waals surface area contributed by atoms with Crippen molar-refractivity contribution in [1.82, 2.24) is 9.97 Å². The largest absolute Gasteiger partial charge is 0.364 e. The van der Waals surface area contributed by atoms with E-state index in [1.54, 1.807) is 29.7 Å². The third kappa shape index (κ3) is 3.25. The lowest BCUT2D eigenvalue weighted by Gasteiger charge is -2.02. The van der Waals surface area contributed by atoms with Crippen molar-refractivity contribution in [3.63, 3.8) is 0 Å². The summed E-state index contributed by atoms with van der Waals surface area (Å²) in [6, 6.07) is 15.7. The SMILES string of the molecule is N#Cc1ccc(NCc2nc(-c3ccccc3)cs2)nc1. The molecule has 0 saturated heterocycles. The summed E-state index contributed by atoms with van der Waals surface area (Å²) < 4.78 is 0. The van der Waals surface area contributed by atoms with Gasteiger partial charge >= 0.3 is 0 Å². The molecule has 0 amide bonds. The van der Waals surface area contributed by atoms with Crippen LogP contribution in [-0.2, 0) is 6.54 Å². The number of hydrogen-bond acceptors (Lipinski definition) is 5. The van der Waals surface area contributed by atoms with Crippen molar-refractivity contribution in [3.8, 4) is 17.3 Å². The molecule has 0 aliphatic rings. The zero-order chi connectivity index (χ0) is 14.5. The highest BCUT2D eigenvalue weighted by Crippen LogP contribution is 2.21. The molecule has 0 bridgehead atoms. The second kappa shape index (κ2) is 6.16. The van der Waals surface area contributed by atoms with Gasteiger partial charge in [-0.25, -0.2) is 9.97 Å². The summed E-state index contributed by atoms with van der Waals surface area (Å²) in [4.78, 5) is 8.78. The van der Waals surface area contributed by atoms with Crippen LogP contribution in [0.15, 0.2) is 54.0 Å². The van der Waals surface area contributed by atoms with Crippen molar-refractivity contribution in [1.29, 1.82) is 5.26 Å². The lowest BCUT2D eigenvalue weighted by molar-refractivity contribution is 1.08. The number of rotatable bonds is 4. The standard InChI is InChI=1S/C16H12N4S/c17-8-12-6-7-15(18-9-12)19-10-16-20-14(11-21-16)13-4-2-1-3-5-13/h1-7,9,11H,10H2,(H,18,19). The monoisotopic (exact) mass is 292 g/mol.